The van der Waals surface area contributed by atoms with Gasteiger partial charge < -0.3 is 14.7 Å². The Hall–Kier alpha value is -2.14. The zero-order valence-electron chi connectivity index (χ0n) is 10.2. The standard InChI is InChI=1S/C14H13N3O2/c15-12(8-5-6-8)14-16-13(17-19-14)10-7-18-11-4-2-1-3-9(10)11/h1-4,7-8,12H,5-6,15H2. The fourth-order valence-electron chi connectivity index (χ4n) is 2.29. The van der Waals surface area contributed by atoms with E-state index in [4.69, 9.17) is 14.7 Å². The number of nitrogens with zero attached hydrogens (tertiary/aromatic N) is 2. The van der Waals surface area contributed by atoms with Crippen LogP contribution in [0.4, 0.5) is 0 Å². The highest BCUT2D eigenvalue weighted by Gasteiger charge is 2.33. The van der Waals surface area contributed by atoms with E-state index in [0.29, 0.717) is 17.6 Å². The summed E-state index contributed by atoms with van der Waals surface area (Å²) in [6.45, 7) is 0. The van der Waals surface area contributed by atoms with Gasteiger partial charge in [0.05, 0.1) is 11.6 Å². The van der Waals surface area contributed by atoms with Crippen molar-refractivity contribution < 1.29 is 8.94 Å². The Labute approximate surface area is 109 Å². The number of hydrogen-bond donors (Lipinski definition) is 1. The van der Waals surface area contributed by atoms with Crippen LogP contribution in [-0.2, 0) is 0 Å². The molecule has 2 aromatic heterocycles. The van der Waals surface area contributed by atoms with E-state index in [9.17, 15) is 0 Å². The molecule has 3 aromatic rings. The van der Waals surface area contributed by atoms with E-state index in [2.05, 4.69) is 10.1 Å². The maximum atomic E-state index is 6.06. The molecule has 19 heavy (non-hydrogen) atoms. The van der Waals surface area contributed by atoms with Crippen LogP contribution in [0.1, 0.15) is 24.8 Å². The first kappa shape index (κ1) is 10.8. The molecule has 1 aromatic carbocycles. The van der Waals surface area contributed by atoms with Crippen LogP contribution >= 0.6 is 0 Å². The minimum Gasteiger partial charge on any atom is -0.464 e. The van der Waals surface area contributed by atoms with Crippen LogP contribution in [0.15, 0.2) is 39.5 Å². The van der Waals surface area contributed by atoms with Crippen LogP contribution in [0.2, 0.25) is 0 Å². The summed E-state index contributed by atoms with van der Waals surface area (Å²) in [7, 11) is 0. The second-order valence-corrected chi connectivity index (χ2v) is 4.96. The number of nitrogens with two attached hydrogens (primary N) is 1. The molecular formula is C14H13N3O2. The molecule has 1 fully saturated rings. The molecule has 0 spiro atoms. The lowest BCUT2D eigenvalue weighted by Crippen LogP contribution is -2.12. The summed E-state index contributed by atoms with van der Waals surface area (Å²) in [6, 6.07) is 7.64. The fraction of sp³-hybridized carbons (Fsp3) is 0.286. The van der Waals surface area contributed by atoms with Crippen molar-refractivity contribution in [3.05, 3.63) is 36.4 Å². The zero-order valence-corrected chi connectivity index (χ0v) is 10.2. The zero-order chi connectivity index (χ0) is 12.8. The third-order valence-electron chi connectivity index (χ3n) is 3.58. The molecular weight excluding hydrogens is 242 g/mol. The number of para-hydroxylation sites is 1. The molecule has 1 saturated carbocycles. The van der Waals surface area contributed by atoms with Crippen molar-refractivity contribution >= 4 is 11.0 Å². The highest BCUT2D eigenvalue weighted by Crippen LogP contribution is 2.39. The second kappa shape index (κ2) is 3.93. The number of hydrogen-bond acceptors (Lipinski definition) is 5. The van der Waals surface area contributed by atoms with Crippen molar-refractivity contribution in [2.75, 3.05) is 0 Å². The van der Waals surface area contributed by atoms with Gasteiger partial charge in [0.15, 0.2) is 0 Å². The minimum atomic E-state index is -0.139. The van der Waals surface area contributed by atoms with E-state index in [1.54, 1.807) is 6.26 Å². The Kier molecular flexibility index (Phi) is 2.22. The molecule has 1 unspecified atom stereocenters. The van der Waals surface area contributed by atoms with Gasteiger partial charge in [0.25, 0.3) is 0 Å². The molecule has 0 radical (unpaired) electrons. The van der Waals surface area contributed by atoms with Gasteiger partial charge >= 0.3 is 0 Å². The number of benzene rings is 1. The lowest BCUT2D eigenvalue weighted by Gasteiger charge is -2.01. The van der Waals surface area contributed by atoms with E-state index in [1.165, 1.54) is 0 Å². The molecule has 96 valence electrons. The monoisotopic (exact) mass is 255 g/mol. The van der Waals surface area contributed by atoms with E-state index in [1.807, 2.05) is 24.3 Å². The first-order valence-corrected chi connectivity index (χ1v) is 6.39. The summed E-state index contributed by atoms with van der Waals surface area (Å²) in [5.41, 5.74) is 7.72. The summed E-state index contributed by atoms with van der Waals surface area (Å²) in [6.07, 6.45) is 3.95. The van der Waals surface area contributed by atoms with Crippen LogP contribution in [0.5, 0.6) is 0 Å². The molecule has 0 saturated heterocycles. The van der Waals surface area contributed by atoms with E-state index >= 15 is 0 Å². The van der Waals surface area contributed by atoms with Gasteiger partial charge in [-0.3, -0.25) is 0 Å². The largest absolute Gasteiger partial charge is 0.464 e. The number of furan rings is 1. The first-order valence-electron chi connectivity index (χ1n) is 6.39. The Bertz CT molecular complexity index is 727. The molecule has 2 N–H and O–H groups in total. The Morgan fingerprint density at radius 1 is 1.26 bits per heavy atom. The van der Waals surface area contributed by atoms with E-state index < -0.39 is 0 Å². The van der Waals surface area contributed by atoms with Crippen molar-refractivity contribution in [2.45, 2.75) is 18.9 Å². The van der Waals surface area contributed by atoms with E-state index in [-0.39, 0.29) is 6.04 Å². The quantitative estimate of drug-likeness (QED) is 0.778. The maximum absolute atomic E-state index is 6.06. The van der Waals surface area contributed by atoms with Crippen LogP contribution in [-0.4, -0.2) is 10.1 Å². The predicted molar refractivity (Wildman–Crippen MR) is 69.2 cm³/mol. The molecule has 0 bridgehead atoms. The fourth-order valence-corrected chi connectivity index (χ4v) is 2.29. The third kappa shape index (κ3) is 1.74. The summed E-state index contributed by atoms with van der Waals surface area (Å²) < 4.78 is 10.8. The average molecular weight is 255 g/mol. The summed E-state index contributed by atoms with van der Waals surface area (Å²) in [5.74, 6) is 1.55. The molecule has 1 aliphatic carbocycles. The normalized spacial score (nSPS) is 16.9. The van der Waals surface area contributed by atoms with Crippen molar-refractivity contribution in [1.29, 1.82) is 0 Å². The third-order valence-corrected chi connectivity index (χ3v) is 3.58. The highest BCUT2D eigenvalue weighted by atomic mass is 16.5. The highest BCUT2D eigenvalue weighted by molar-refractivity contribution is 5.91. The van der Waals surface area contributed by atoms with Gasteiger partial charge in [-0.05, 0) is 24.8 Å². The van der Waals surface area contributed by atoms with Gasteiger partial charge in [-0.1, -0.05) is 23.4 Å². The molecule has 2 heterocycles. The van der Waals surface area contributed by atoms with Crippen molar-refractivity contribution in [3.8, 4) is 11.4 Å². The lowest BCUT2D eigenvalue weighted by molar-refractivity contribution is 0.343. The van der Waals surface area contributed by atoms with Crippen LogP contribution < -0.4 is 5.73 Å². The number of aromatic nitrogens is 2. The van der Waals surface area contributed by atoms with Crippen molar-refractivity contribution in [1.82, 2.24) is 10.1 Å². The smallest absolute Gasteiger partial charge is 0.244 e. The van der Waals surface area contributed by atoms with Gasteiger partial charge in [0.1, 0.15) is 11.8 Å². The van der Waals surface area contributed by atoms with E-state index in [0.717, 1.165) is 29.4 Å². The minimum absolute atomic E-state index is 0.139. The van der Waals surface area contributed by atoms with Crippen LogP contribution in [0.3, 0.4) is 0 Å². The second-order valence-electron chi connectivity index (χ2n) is 4.96. The Morgan fingerprint density at radius 3 is 2.95 bits per heavy atom. The van der Waals surface area contributed by atoms with Gasteiger partial charge in [0.2, 0.25) is 11.7 Å². The topological polar surface area (TPSA) is 78.1 Å². The van der Waals surface area contributed by atoms with Crippen molar-refractivity contribution in [3.63, 3.8) is 0 Å². The molecule has 0 aliphatic heterocycles. The summed E-state index contributed by atoms with van der Waals surface area (Å²) in [4.78, 5) is 4.40. The number of rotatable bonds is 3. The predicted octanol–water partition coefficient (Wildman–Crippen LogP) is 2.89. The lowest BCUT2D eigenvalue weighted by atomic mass is 10.1. The van der Waals surface area contributed by atoms with Gasteiger partial charge in [-0.25, -0.2) is 0 Å². The average Bonchev–Trinajstić information content (AvgIpc) is 3.01. The van der Waals surface area contributed by atoms with Crippen LogP contribution in [0.25, 0.3) is 22.4 Å². The van der Waals surface area contributed by atoms with Crippen molar-refractivity contribution in [2.24, 2.45) is 11.7 Å². The molecule has 4 rings (SSSR count). The Balaban J connectivity index is 1.75. The van der Waals surface area contributed by atoms with Crippen LogP contribution in [0, 0.1) is 5.92 Å². The SMILES string of the molecule is NC(c1nc(-c2coc3ccccc23)no1)C1CC1. The maximum Gasteiger partial charge on any atom is 0.244 e. The molecule has 5 nitrogen and oxygen atoms in total. The van der Waals surface area contributed by atoms with Gasteiger partial charge in [0, 0.05) is 5.39 Å². The molecule has 5 heteroatoms. The summed E-state index contributed by atoms with van der Waals surface area (Å²) in [5, 5.41) is 5.00. The number of fused-ring (bicyclic) bond motifs is 1. The van der Waals surface area contributed by atoms with Gasteiger partial charge in [-0.15, -0.1) is 0 Å². The molecule has 0 amide bonds. The molecule has 1 atom stereocenters. The Morgan fingerprint density at radius 2 is 2.11 bits per heavy atom. The van der Waals surface area contributed by atoms with Gasteiger partial charge in [-0.2, -0.15) is 4.98 Å². The first-order chi connectivity index (χ1) is 9.33. The molecule has 1 aliphatic rings. The summed E-state index contributed by atoms with van der Waals surface area (Å²) >= 11 is 0.